The highest BCUT2D eigenvalue weighted by molar-refractivity contribution is 6.33. The number of hydrogen-bond acceptors (Lipinski definition) is 3. The van der Waals surface area contributed by atoms with Crippen LogP contribution in [0.2, 0.25) is 11.6 Å². The molecule has 4 radical (unpaired) electrons. The summed E-state index contributed by atoms with van der Waals surface area (Å²) in [7, 11) is 0.703. The molecule has 0 aromatic carbocycles. The first-order valence-corrected chi connectivity index (χ1v) is 13.2. The Morgan fingerprint density at radius 3 is 2.15 bits per heavy atom. The van der Waals surface area contributed by atoms with Gasteiger partial charge in [0, 0.05) is 5.60 Å². The molecule has 5 heteroatoms. The molecule has 27 heavy (non-hydrogen) atoms. The molecule has 1 saturated carbocycles. The smallest absolute Gasteiger partial charge is 0.318 e. The van der Waals surface area contributed by atoms with Crippen molar-refractivity contribution >= 4 is 25.5 Å². The fourth-order valence-corrected chi connectivity index (χ4v) is 5.73. The third kappa shape index (κ3) is 10.3. The van der Waals surface area contributed by atoms with Gasteiger partial charge in [0.2, 0.25) is 9.76 Å². The van der Waals surface area contributed by atoms with Crippen molar-refractivity contribution in [2.75, 3.05) is 0 Å². The number of unbranched alkanes of at least 4 members (excludes halogenated alkanes) is 2. The Labute approximate surface area is 173 Å². The van der Waals surface area contributed by atoms with E-state index in [0.717, 1.165) is 6.04 Å². The predicted octanol–water partition coefficient (Wildman–Crippen LogP) is 6.37. The molecule has 0 N–H and O–H groups in total. The first kappa shape index (κ1) is 24.9. The molecule has 0 aromatic heterocycles. The van der Waals surface area contributed by atoms with Gasteiger partial charge in [-0.3, -0.25) is 4.79 Å². The Hall–Kier alpha value is -0.136. The standard InChI is InChI=1S/C22H42O3Si2/c1-7-9-13-22(14-10-8-2)15-11-19(12-16-22)27-24-20(23)18(3)17-26-25-21(4,5)6/h18-19H,7-17H2,1-6H3. The zero-order valence-corrected chi connectivity index (χ0v) is 20.7. The van der Waals surface area contributed by atoms with Crippen molar-refractivity contribution in [3.05, 3.63) is 0 Å². The van der Waals surface area contributed by atoms with E-state index in [1.165, 1.54) is 64.2 Å². The molecule has 1 aliphatic carbocycles. The van der Waals surface area contributed by atoms with Crippen molar-refractivity contribution in [1.82, 2.24) is 0 Å². The van der Waals surface area contributed by atoms with E-state index in [4.69, 9.17) is 8.85 Å². The highest BCUT2D eigenvalue weighted by Crippen LogP contribution is 2.47. The lowest BCUT2D eigenvalue weighted by molar-refractivity contribution is -0.138. The second-order valence-corrected chi connectivity index (χ2v) is 11.6. The Balaban J connectivity index is 2.33. The zero-order valence-electron chi connectivity index (χ0n) is 18.7. The van der Waals surface area contributed by atoms with Gasteiger partial charge >= 0.3 is 9.76 Å². The van der Waals surface area contributed by atoms with Crippen LogP contribution >= 0.6 is 0 Å². The fourth-order valence-electron chi connectivity index (χ4n) is 3.79. The molecule has 0 spiro atoms. The van der Waals surface area contributed by atoms with Crippen LogP contribution in [-0.2, 0) is 13.6 Å². The van der Waals surface area contributed by atoms with E-state index >= 15 is 0 Å². The van der Waals surface area contributed by atoms with Crippen LogP contribution in [0.1, 0.15) is 106 Å². The van der Waals surface area contributed by atoms with Crippen molar-refractivity contribution in [2.45, 2.75) is 123 Å². The maximum Gasteiger partial charge on any atom is 0.318 e. The molecular weight excluding hydrogens is 368 g/mol. The lowest BCUT2D eigenvalue weighted by Crippen LogP contribution is -2.30. The van der Waals surface area contributed by atoms with E-state index in [1.54, 1.807) is 0 Å². The zero-order chi connectivity index (χ0) is 20.3. The molecule has 3 nitrogen and oxygen atoms in total. The minimum atomic E-state index is -0.131. The van der Waals surface area contributed by atoms with Gasteiger partial charge in [-0.1, -0.05) is 46.5 Å². The second-order valence-electron chi connectivity index (χ2n) is 9.48. The molecule has 1 unspecified atom stereocenters. The molecule has 1 fully saturated rings. The van der Waals surface area contributed by atoms with Crippen molar-refractivity contribution in [2.24, 2.45) is 11.3 Å². The Bertz CT molecular complexity index is 402. The molecule has 1 atom stereocenters. The summed E-state index contributed by atoms with van der Waals surface area (Å²) in [4.78, 5) is 12.3. The topological polar surface area (TPSA) is 35.5 Å². The van der Waals surface area contributed by atoms with E-state index in [2.05, 4.69) is 34.6 Å². The van der Waals surface area contributed by atoms with Crippen molar-refractivity contribution in [1.29, 1.82) is 0 Å². The summed E-state index contributed by atoms with van der Waals surface area (Å²) >= 11 is 0. The summed E-state index contributed by atoms with van der Waals surface area (Å²) in [5.74, 6) is -0.0953. The number of carbonyl (C=O) groups excluding carboxylic acids is 1. The molecular formula is C22H42O3Si2. The third-order valence-corrected chi connectivity index (χ3v) is 8.43. The van der Waals surface area contributed by atoms with Crippen LogP contribution in [0.25, 0.3) is 0 Å². The largest absolute Gasteiger partial charge is 0.516 e. The van der Waals surface area contributed by atoms with Crippen LogP contribution < -0.4 is 0 Å². The summed E-state index contributed by atoms with van der Waals surface area (Å²) in [5, 5.41) is 0. The highest BCUT2D eigenvalue weighted by Gasteiger charge is 2.35. The second kappa shape index (κ2) is 12.4. The number of hydrogen-bond donors (Lipinski definition) is 0. The lowest BCUT2D eigenvalue weighted by atomic mass is 9.68. The SMILES string of the molecule is CCCCC1(CCCC)CCC([Si]OC(=O)C(C)C[Si]OC(C)(C)C)CC1. The van der Waals surface area contributed by atoms with E-state index in [9.17, 15) is 4.79 Å². The van der Waals surface area contributed by atoms with Crippen molar-refractivity contribution in [3.8, 4) is 0 Å². The van der Waals surface area contributed by atoms with E-state index in [0.29, 0.717) is 30.5 Å². The first-order valence-electron chi connectivity index (χ1n) is 11.1. The van der Waals surface area contributed by atoms with E-state index < -0.39 is 0 Å². The van der Waals surface area contributed by atoms with Gasteiger partial charge in [0.05, 0.1) is 5.92 Å². The third-order valence-electron chi connectivity index (χ3n) is 5.66. The maximum atomic E-state index is 12.3. The molecule has 0 amide bonds. The summed E-state index contributed by atoms with van der Waals surface area (Å²) in [6, 6.07) is 0.766. The summed E-state index contributed by atoms with van der Waals surface area (Å²) in [5.41, 5.74) is 1.04. The molecule has 0 bridgehead atoms. The molecule has 0 heterocycles. The maximum absolute atomic E-state index is 12.3. The average Bonchev–Trinajstić information content (AvgIpc) is 2.63. The molecule has 0 aromatic rings. The van der Waals surface area contributed by atoms with Gasteiger partial charge in [0.15, 0.2) is 0 Å². The van der Waals surface area contributed by atoms with Gasteiger partial charge in [-0.2, -0.15) is 0 Å². The molecule has 1 aliphatic rings. The highest BCUT2D eigenvalue weighted by atomic mass is 28.2. The van der Waals surface area contributed by atoms with Gasteiger partial charge in [-0.15, -0.1) is 0 Å². The summed E-state index contributed by atoms with van der Waals surface area (Å²) in [6.07, 6.45) is 13.3. The van der Waals surface area contributed by atoms with Crippen LogP contribution in [0.4, 0.5) is 0 Å². The lowest BCUT2D eigenvalue weighted by Gasteiger charge is -2.40. The molecule has 0 saturated heterocycles. The minimum Gasteiger partial charge on any atom is -0.516 e. The van der Waals surface area contributed by atoms with Crippen LogP contribution in [0, 0.1) is 11.3 Å². The summed E-state index contributed by atoms with van der Waals surface area (Å²) in [6.45, 7) is 12.7. The predicted molar refractivity (Wildman–Crippen MR) is 116 cm³/mol. The monoisotopic (exact) mass is 410 g/mol. The molecule has 156 valence electrons. The Morgan fingerprint density at radius 2 is 1.67 bits per heavy atom. The first-order chi connectivity index (χ1) is 12.7. The van der Waals surface area contributed by atoms with Gasteiger partial charge in [0.25, 0.3) is 5.97 Å². The van der Waals surface area contributed by atoms with Crippen LogP contribution in [0.5, 0.6) is 0 Å². The van der Waals surface area contributed by atoms with Crippen molar-refractivity contribution in [3.63, 3.8) is 0 Å². The fraction of sp³-hybridized carbons (Fsp3) is 0.955. The van der Waals surface area contributed by atoms with Gasteiger partial charge < -0.3 is 8.85 Å². The van der Waals surface area contributed by atoms with Crippen LogP contribution in [0.3, 0.4) is 0 Å². The van der Waals surface area contributed by atoms with Crippen LogP contribution in [0.15, 0.2) is 0 Å². The molecule has 0 aliphatic heterocycles. The normalized spacial score (nSPS) is 19.0. The quantitative estimate of drug-likeness (QED) is 0.351. The van der Waals surface area contributed by atoms with Gasteiger partial charge in [-0.05, 0) is 76.3 Å². The molecule has 1 rings (SSSR count). The van der Waals surface area contributed by atoms with Crippen LogP contribution in [-0.4, -0.2) is 31.1 Å². The van der Waals surface area contributed by atoms with Gasteiger partial charge in [0.1, 0.15) is 0 Å². The van der Waals surface area contributed by atoms with E-state index in [1.807, 2.05) is 6.92 Å². The number of rotatable bonds is 12. The van der Waals surface area contributed by atoms with E-state index in [-0.39, 0.29) is 17.5 Å². The number of carbonyl (C=O) groups is 1. The average molecular weight is 411 g/mol. The summed E-state index contributed by atoms with van der Waals surface area (Å²) < 4.78 is 11.4. The van der Waals surface area contributed by atoms with Gasteiger partial charge in [-0.25, -0.2) is 0 Å². The Kier molecular flexibility index (Phi) is 11.5. The Morgan fingerprint density at radius 1 is 1.11 bits per heavy atom. The minimum absolute atomic E-state index is 0.0351. The van der Waals surface area contributed by atoms with Crippen molar-refractivity contribution < 1.29 is 13.6 Å².